The Labute approximate surface area is 104 Å². The van der Waals surface area contributed by atoms with Crippen molar-refractivity contribution in [2.24, 2.45) is 5.73 Å². The molecule has 1 atom stereocenters. The Morgan fingerprint density at radius 1 is 1.39 bits per heavy atom. The SMILES string of the molecule is CC(NC(=O)C1(N)CCC1)c1c(F)cccc1F. The highest BCUT2D eigenvalue weighted by molar-refractivity contribution is 5.87. The number of benzene rings is 1. The summed E-state index contributed by atoms with van der Waals surface area (Å²) in [5, 5.41) is 2.58. The summed E-state index contributed by atoms with van der Waals surface area (Å²) >= 11 is 0. The van der Waals surface area contributed by atoms with Crippen LogP contribution in [-0.2, 0) is 4.79 Å². The molecule has 5 heteroatoms. The van der Waals surface area contributed by atoms with Crippen LogP contribution in [0.4, 0.5) is 8.78 Å². The first kappa shape index (κ1) is 13.0. The first-order chi connectivity index (χ1) is 8.44. The van der Waals surface area contributed by atoms with Crippen molar-refractivity contribution in [1.82, 2.24) is 5.32 Å². The average molecular weight is 254 g/mol. The molecule has 0 heterocycles. The molecule has 0 radical (unpaired) electrons. The molecule has 1 fully saturated rings. The average Bonchev–Trinajstić information content (AvgIpc) is 2.25. The van der Waals surface area contributed by atoms with Gasteiger partial charge in [0.05, 0.1) is 11.6 Å². The molecule has 1 aromatic carbocycles. The Bertz CT molecular complexity index is 452. The molecular formula is C13H16F2N2O. The van der Waals surface area contributed by atoms with Crippen molar-refractivity contribution in [2.45, 2.75) is 37.8 Å². The first-order valence-corrected chi connectivity index (χ1v) is 5.98. The maximum atomic E-state index is 13.5. The lowest BCUT2D eigenvalue weighted by atomic mass is 9.77. The van der Waals surface area contributed by atoms with Gasteiger partial charge in [-0.3, -0.25) is 4.79 Å². The van der Waals surface area contributed by atoms with Crippen LogP contribution < -0.4 is 11.1 Å². The molecule has 0 saturated heterocycles. The Balaban J connectivity index is 2.12. The normalized spacial score (nSPS) is 18.9. The number of hydrogen-bond donors (Lipinski definition) is 2. The molecule has 2 rings (SSSR count). The van der Waals surface area contributed by atoms with Gasteiger partial charge in [-0.2, -0.15) is 0 Å². The summed E-state index contributed by atoms with van der Waals surface area (Å²) in [5.41, 5.74) is 4.85. The van der Waals surface area contributed by atoms with E-state index in [-0.39, 0.29) is 11.5 Å². The number of nitrogens with one attached hydrogen (secondary N) is 1. The fourth-order valence-corrected chi connectivity index (χ4v) is 2.12. The maximum absolute atomic E-state index is 13.5. The summed E-state index contributed by atoms with van der Waals surface area (Å²) in [6.07, 6.45) is 2.14. The zero-order valence-electron chi connectivity index (χ0n) is 10.2. The number of rotatable bonds is 3. The molecule has 0 aromatic heterocycles. The predicted octanol–water partition coefficient (Wildman–Crippen LogP) is 2.02. The molecular weight excluding hydrogens is 238 g/mol. The van der Waals surface area contributed by atoms with E-state index in [0.29, 0.717) is 12.8 Å². The van der Waals surface area contributed by atoms with Gasteiger partial charge in [0, 0.05) is 5.56 Å². The van der Waals surface area contributed by atoms with E-state index in [0.717, 1.165) is 6.42 Å². The van der Waals surface area contributed by atoms with E-state index in [1.807, 2.05) is 0 Å². The molecule has 18 heavy (non-hydrogen) atoms. The van der Waals surface area contributed by atoms with Gasteiger partial charge < -0.3 is 11.1 Å². The Morgan fingerprint density at radius 2 is 1.94 bits per heavy atom. The highest BCUT2D eigenvalue weighted by atomic mass is 19.1. The van der Waals surface area contributed by atoms with Crippen LogP contribution in [-0.4, -0.2) is 11.4 Å². The summed E-state index contributed by atoms with van der Waals surface area (Å²) in [6, 6.07) is 2.89. The van der Waals surface area contributed by atoms with E-state index in [1.54, 1.807) is 6.92 Å². The second kappa shape index (κ2) is 4.65. The number of amides is 1. The van der Waals surface area contributed by atoms with E-state index in [1.165, 1.54) is 18.2 Å². The smallest absolute Gasteiger partial charge is 0.240 e. The second-order valence-electron chi connectivity index (χ2n) is 4.84. The zero-order chi connectivity index (χ0) is 13.3. The van der Waals surface area contributed by atoms with Crippen LogP contribution in [0, 0.1) is 11.6 Å². The quantitative estimate of drug-likeness (QED) is 0.867. The standard InChI is InChI=1S/C13H16F2N2O/c1-8(11-9(14)4-2-5-10(11)15)17-12(18)13(16)6-3-7-13/h2,4-5,8H,3,6-7,16H2,1H3,(H,17,18). The van der Waals surface area contributed by atoms with Gasteiger partial charge in [0.1, 0.15) is 11.6 Å². The van der Waals surface area contributed by atoms with Gasteiger partial charge in [-0.05, 0) is 38.3 Å². The third kappa shape index (κ3) is 2.22. The van der Waals surface area contributed by atoms with Gasteiger partial charge in [-0.15, -0.1) is 0 Å². The fraction of sp³-hybridized carbons (Fsp3) is 0.462. The molecule has 1 unspecified atom stereocenters. The van der Waals surface area contributed by atoms with E-state index < -0.39 is 23.2 Å². The van der Waals surface area contributed by atoms with Crippen molar-refractivity contribution in [3.8, 4) is 0 Å². The first-order valence-electron chi connectivity index (χ1n) is 5.98. The summed E-state index contributed by atoms with van der Waals surface area (Å²) in [5.74, 6) is -1.67. The lowest BCUT2D eigenvalue weighted by Gasteiger charge is -2.37. The van der Waals surface area contributed by atoms with Crippen molar-refractivity contribution < 1.29 is 13.6 Å². The zero-order valence-corrected chi connectivity index (χ0v) is 10.2. The summed E-state index contributed by atoms with van der Waals surface area (Å²) in [6.45, 7) is 1.54. The minimum absolute atomic E-state index is 0.131. The van der Waals surface area contributed by atoms with Gasteiger partial charge >= 0.3 is 0 Å². The Hall–Kier alpha value is -1.49. The third-order valence-corrected chi connectivity index (χ3v) is 3.48. The molecule has 3 N–H and O–H groups in total. The lowest BCUT2D eigenvalue weighted by Crippen LogP contribution is -2.58. The van der Waals surface area contributed by atoms with E-state index >= 15 is 0 Å². The molecule has 0 spiro atoms. The molecule has 1 aromatic rings. The van der Waals surface area contributed by atoms with Crippen LogP contribution in [0.15, 0.2) is 18.2 Å². The molecule has 3 nitrogen and oxygen atoms in total. The molecule has 0 aliphatic heterocycles. The van der Waals surface area contributed by atoms with Gasteiger partial charge in [-0.25, -0.2) is 8.78 Å². The van der Waals surface area contributed by atoms with Crippen LogP contribution in [0.2, 0.25) is 0 Å². The maximum Gasteiger partial charge on any atom is 0.240 e. The van der Waals surface area contributed by atoms with Crippen molar-refractivity contribution in [2.75, 3.05) is 0 Å². The van der Waals surface area contributed by atoms with E-state index in [2.05, 4.69) is 5.32 Å². The summed E-state index contributed by atoms with van der Waals surface area (Å²) in [7, 11) is 0. The largest absolute Gasteiger partial charge is 0.348 e. The number of carbonyl (C=O) groups is 1. The summed E-state index contributed by atoms with van der Waals surface area (Å²) < 4.78 is 27.0. The highest BCUT2D eigenvalue weighted by Crippen LogP contribution is 2.30. The molecule has 1 aliphatic rings. The molecule has 1 amide bonds. The van der Waals surface area contributed by atoms with Gasteiger partial charge in [0.2, 0.25) is 5.91 Å². The van der Waals surface area contributed by atoms with Crippen molar-refractivity contribution in [1.29, 1.82) is 0 Å². The number of hydrogen-bond acceptors (Lipinski definition) is 2. The van der Waals surface area contributed by atoms with Gasteiger partial charge in [-0.1, -0.05) is 6.07 Å². The topological polar surface area (TPSA) is 55.1 Å². The molecule has 0 bridgehead atoms. The lowest BCUT2D eigenvalue weighted by molar-refractivity contribution is -0.129. The molecule has 98 valence electrons. The fourth-order valence-electron chi connectivity index (χ4n) is 2.12. The van der Waals surface area contributed by atoms with Crippen LogP contribution in [0.1, 0.15) is 37.8 Å². The number of halogens is 2. The molecule has 1 aliphatic carbocycles. The van der Waals surface area contributed by atoms with Crippen LogP contribution in [0.5, 0.6) is 0 Å². The van der Waals surface area contributed by atoms with Crippen LogP contribution in [0.3, 0.4) is 0 Å². The van der Waals surface area contributed by atoms with E-state index in [9.17, 15) is 13.6 Å². The minimum atomic E-state index is -0.865. The van der Waals surface area contributed by atoms with Crippen molar-refractivity contribution in [3.05, 3.63) is 35.4 Å². The van der Waals surface area contributed by atoms with Gasteiger partial charge in [0.25, 0.3) is 0 Å². The third-order valence-electron chi connectivity index (χ3n) is 3.48. The van der Waals surface area contributed by atoms with Crippen LogP contribution >= 0.6 is 0 Å². The predicted molar refractivity (Wildman–Crippen MR) is 63.7 cm³/mol. The monoisotopic (exact) mass is 254 g/mol. The highest BCUT2D eigenvalue weighted by Gasteiger charge is 2.40. The van der Waals surface area contributed by atoms with Gasteiger partial charge in [0.15, 0.2) is 0 Å². The van der Waals surface area contributed by atoms with Crippen molar-refractivity contribution >= 4 is 5.91 Å². The number of nitrogens with two attached hydrogens (primary N) is 1. The van der Waals surface area contributed by atoms with Crippen LogP contribution in [0.25, 0.3) is 0 Å². The van der Waals surface area contributed by atoms with Crippen molar-refractivity contribution in [3.63, 3.8) is 0 Å². The summed E-state index contributed by atoms with van der Waals surface area (Å²) in [4.78, 5) is 11.9. The second-order valence-corrected chi connectivity index (χ2v) is 4.84. The minimum Gasteiger partial charge on any atom is -0.348 e. The molecule has 1 saturated carbocycles. The number of carbonyl (C=O) groups excluding carboxylic acids is 1. The van der Waals surface area contributed by atoms with E-state index in [4.69, 9.17) is 5.73 Å². The Kier molecular flexibility index (Phi) is 3.34. The Morgan fingerprint density at radius 3 is 2.39 bits per heavy atom.